The number of ether oxygens (including phenoxy) is 1. The minimum absolute atomic E-state index is 0.0325. The van der Waals surface area contributed by atoms with Gasteiger partial charge in [0.05, 0.1) is 7.11 Å². The fraction of sp³-hybridized carbons (Fsp3) is 0.143. The fourth-order valence-electron chi connectivity index (χ4n) is 1.98. The molecule has 21 heavy (non-hydrogen) atoms. The highest BCUT2D eigenvalue weighted by molar-refractivity contribution is 7.17. The van der Waals surface area contributed by atoms with Gasteiger partial charge in [0.1, 0.15) is 12.9 Å². The zero-order valence-corrected chi connectivity index (χ0v) is 12.0. The summed E-state index contributed by atoms with van der Waals surface area (Å²) in [6.45, 7) is 0.0325. The quantitative estimate of drug-likeness (QED) is 0.545. The molecule has 0 atom stereocenters. The Morgan fingerprint density at radius 2 is 2.14 bits per heavy atom. The van der Waals surface area contributed by atoms with Crippen LogP contribution in [0.3, 0.4) is 0 Å². The van der Waals surface area contributed by atoms with E-state index in [1.165, 1.54) is 29.5 Å². The average Bonchev–Trinajstić information content (AvgIpc) is 3.12. The third kappa shape index (κ3) is 2.55. The highest BCUT2D eigenvalue weighted by atomic mass is 32.1. The Kier molecular flexibility index (Phi) is 3.49. The van der Waals surface area contributed by atoms with E-state index in [0.29, 0.717) is 5.56 Å². The van der Waals surface area contributed by atoms with Crippen LogP contribution in [0.4, 0.5) is 0 Å². The molecule has 3 aromatic rings. The molecular weight excluding hydrogens is 290 g/mol. The summed E-state index contributed by atoms with van der Waals surface area (Å²) in [5.74, 6) is -0.753. The fourth-order valence-corrected chi connectivity index (χ4v) is 2.95. The number of aromatic nitrogens is 3. The van der Waals surface area contributed by atoms with Crippen molar-refractivity contribution in [2.24, 2.45) is 0 Å². The standard InChI is InChI=1S/C14H11N3O3S/c1-20-14(19)13-15-8-17(16-13)6-11(18)10-7-21-12-5-3-2-4-9(10)12/h2-5,7-8H,6H2,1H3. The molecule has 6 nitrogen and oxygen atoms in total. The predicted octanol–water partition coefficient (Wildman–Crippen LogP) is 2.16. The second-order valence-corrected chi connectivity index (χ2v) is 5.24. The molecule has 3 rings (SSSR count). The number of hydrogen-bond donors (Lipinski definition) is 0. The summed E-state index contributed by atoms with van der Waals surface area (Å²) < 4.78 is 6.92. The van der Waals surface area contributed by atoms with Crippen molar-refractivity contribution in [2.45, 2.75) is 6.54 Å². The highest BCUT2D eigenvalue weighted by Gasteiger charge is 2.15. The summed E-state index contributed by atoms with van der Waals surface area (Å²) in [4.78, 5) is 27.4. The average molecular weight is 301 g/mol. The lowest BCUT2D eigenvalue weighted by Gasteiger charge is -1.99. The van der Waals surface area contributed by atoms with Crippen LogP contribution in [0.15, 0.2) is 36.0 Å². The molecule has 7 heteroatoms. The Labute approximate surface area is 124 Å². The van der Waals surface area contributed by atoms with Crippen molar-refractivity contribution in [3.63, 3.8) is 0 Å². The number of rotatable bonds is 4. The maximum absolute atomic E-state index is 12.3. The summed E-state index contributed by atoms with van der Waals surface area (Å²) >= 11 is 1.53. The molecular formula is C14H11N3O3S. The van der Waals surface area contributed by atoms with E-state index in [2.05, 4.69) is 14.8 Å². The van der Waals surface area contributed by atoms with Crippen LogP contribution in [0.2, 0.25) is 0 Å². The van der Waals surface area contributed by atoms with Crippen molar-refractivity contribution in [1.29, 1.82) is 0 Å². The zero-order valence-electron chi connectivity index (χ0n) is 11.1. The van der Waals surface area contributed by atoms with Gasteiger partial charge in [-0.25, -0.2) is 14.5 Å². The molecule has 0 saturated heterocycles. The smallest absolute Gasteiger partial charge is 0.377 e. The van der Waals surface area contributed by atoms with Gasteiger partial charge in [0.15, 0.2) is 5.78 Å². The number of Topliss-reactive ketones (excluding diaryl/α,β-unsaturated/α-hetero) is 1. The lowest BCUT2D eigenvalue weighted by molar-refractivity contribution is 0.0585. The van der Waals surface area contributed by atoms with Crippen LogP contribution in [0.5, 0.6) is 0 Å². The van der Waals surface area contributed by atoms with E-state index in [-0.39, 0.29) is 18.2 Å². The lowest BCUT2D eigenvalue weighted by atomic mass is 10.1. The second-order valence-electron chi connectivity index (χ2n) is 4.33. The Bertz CT molecular complexity index is 822. The minimum atomic E-state index is -0.623. The van der Waals surface area contributed by atoms with Gasteiger partial charge in [0.25, 0.3) is 5.82 Å². The molecule has 0 aliphatic carbocycles. The minimum Gasteiger partial charge on any atom is -0.463 e. The molecule has 0 unspecified atom stereocenters. The van der Waals surface area contributed by atoms with Gasteiger partial charge < -0.3 is 4.74 Å². The molecule has 0 aliphatic heterocycles. The first-order chi connectivity index (χ1) is 10.2. The molecule has 1 aromatic carbocycles. The molecule has 106 valence electrons. The highest BCUT2D eigenvalue weighted by Crippen LogP contribution is 2.26. The summed E-state index contributed by atoms with van der Waals surface area (Å²) in [5.41, 5.74) is 0.658. The number of nitrogens with zero attached hydrogens (tertiary/aromatic N) is 3. The number of carbonyl (C=O) groups excluding carboxylic acids is 2. The van der Waals surface area contributed by atoms with Gasteiger partial charge in [0, 0.05) is 21.0 Å². The molecule has 0 fully saturated rings. The van der Waals surface area contributed by atoms with Gasteiger partial charge in [-0.3, -0.25) is 4.79 Å². The summed E-state index contributed by atoms with van der Waals surface area (Å²) in [5, 5.41) is 6.69. The topological polar surface area (TPSA) is 74.1 Å². The van der Waals surface area contributed by atoms with Crippen LogP contribution in [0, 0.1) is 0 Å². The Morgan fingerprint density at radius 1 is 1.33 bits per heavy atom. The van der Waals surface area contributed by atoms with E-state index >= 15 is 0 Å². The first-order valence-electron chi connectivity index (χ1n) is 6.16. The third-order valence-corrected chi connectivity index (χ3v) is 3.95. The second kappa shape index (κ2) is 5.45. The summed E-state index contributed by atoms with van der Waals surface area (Å²) in [6.07, 6.45) is 1.35. The van der Waals surface area contributed by atoms with Crippen LogP contribution < -0.4 is 0 Å². The number of hydrogen-bond acceptors (Lipinski definition) is 6. The van der Waals surface area contributed by atoms with Gasteiger partial charge in [-0.2, -0.15) is 0 Å². The van der Waals surface area contributed by atoms with Crippen LogP contribution >= 0.6 is 11.3 Å². The normalized spacial score (nSPS) is 10.7. The molecule has 0 saturated carbocycles. The number of carbonyl (C=O) groups is 2. The number of methoxy groups -OCH3 is 1. The number of esters is 1. The summed E-state index contributed by atoms with van der Waals surface area (Å²) in [6, 6.07) is 7.73. The molecule has 0 bridgehead atoms. The van der Waals surface area contributed by atoms with Crippen molar-refractivity contribution in [3.05, 3.63) is 47.4 Å². The maximum atomic E-state index is 12.3. The SMILES string of the molecule is COC(=O)c1ncn(CC(=O)c2csc3ccccc23)n1. The van der Waals surface area contributed by atoms with Crippen molar-refractivity contribution < 1.29 is 14.3 Å². The van der Waals surface area contributed by atoms with Crippen LogP contribution in [-0.4, -0.2) is 33.6 Å². The van der Waals surface area contributed by atoms with Crippen molar-refractivity contribution >= 4 is 33.2 Å². The molecule has 2 heterocycles. The van der Waals surface area contributed by atoms with E-state index in [4.69, 9.17) is 0 Å². The van der Waals surface area contributed by atoms with Crippen molar-refractivity contribution in [3.8, 4) is 0 Å². The molecule has 0 aliphatic rings. The lowest BCUT2D eigenvalue weighted by Crippen LogP contribution is -2.12. The number of fused-ring (bicyclic) bond motifs is 1. The number of ketones is 1. The Balaban J connectivity index is 1.83. The molecule has 0 amide bonds. The van der Waals surface area contributed by atoms with E-state index in [1.807, 2.05) is 29.6 Å². The predicted molar refractivity (Wildman–Crippen MR) is 77.5 cm³/mol. The van der Waals surface area contributed by atoms with Gasteiger partial charge in [-0.1, -0.05) is 18.2 Å². The molecule has 0 N–H and O–H groups in total. The first kappa shape index (κ1) is 13.4. The molecule has 2 aromatic heterocycles. The zero-order chi connectivity index (χ0) is 14.8. The summed E-state index contributed by atoms with van der Waals surface area (Å²) in [7, 11) is 1.26. The monoisotopic (exact) mass is 301 g/mol. The maximum Gasteiger partial charge on any atom is 0.377 e. The third-order valence-electron chi connectivity index (χ3n) is 2.99. The van der Waals surface area contributed by atoms with E-state index in [1.54, 1.807) is 0 Å². The van der Waals surface area contributed by atoms with E-state index in [0.717, 1.165) is 10.1 Å². The van der Waals surface area contributed by atoms with Gasteiger partial charge in [-0.15, -0.1) is 16.4 Å². The van der Waals surface area contributed by atoms with Crippen molar-refractivity contribution in [2.75, 3.05) is 7.11 Å². The van der Waals surface area contributed by atoms with Crippen LogP contribution in [0.25, 0.3) is 10.1 Å². The van der Waals surface area contributed by atoms with Gasteiger partial charge in [-0.05, 0) is 6.07 Å². The van der Waals surface area contributed by atoms with E-state index < -0.39 is 5.97 Å². The van der Waals surface area contributed by atoms with Crippen LogP contribution in [-0.2, 0) is 11.3 Å². The first-order valence-corrected chi connectivity index (χ1v) is 7.04. The van der Waals surface area contributed by atoms with Gasteiger partial charge >= 0.3 is 5.97 Å². The van der Waals surface area contributed by atoms with Crippen LogP contribution in [0.1, 0.15) is 21.0 Å². The van der Waals surface area contributed by atoms with E-state index in [9.17, 15) is 9.59 Å². The largest absolute Gasteiger partial charge is 0.463 e. The molecule has 0 radical (unpaired) electrons. The Morgan fingerprint density at radius 3 is 2.95 bits per heavy atom. The molecule has 0 spiro atoms. The number of benzene rings is 1. The number of thiophene rings is 1. The van der Waals surface area contributed by atoms with Gasteiger partial charge in [0.2, 0.25) is 0 Å². The van der Waals surface area contributed by atoms with Crippen molar-refractivity contribution in [1.82, 2.24) is 14.8 Å². The Hall–Kier alpha value is -2.54.